The summed E-state index contributed by atoms with van der Waals surface area (Å²) in [6, 6.07) is 9.00. The number of amides is 2. The van der Waals surface area contributed by atoms with Crippen molar-refractivity contribution in [3.63, 3.8) is 0 Å². The van der Waals surface area contributed by atoms with Gasteiger partial charge in [0.05, 0.1) is 10.6 Å². The number of halogens is 1. The van der Waals surface area contributed by atoms with E-state index in [1.54, 1.807) is 24.3 Å². The van der Waals surface area contributed by atoms with Gasteiger partial charge in [0.2, 0.25) is 0 Å². The van der Waals surface area contributed by atoms with Gasteiger partial charge in [0.15, 0.2) is 0 Å². The van der Waals surface area contributed by atoms with Crippen LogP contribution in [0.2, 0.25) is 5.02 Å². The van der Waals surface area contributed by atoms with Crippen LogP contribution >= 0.6 is 11.6 Å². The third kappa shape index (κ3) is 3.40. The zero-order valence-corrected chi connectivity index (χ0v) is 13.6. The van der Waals surface area contributed by atoms with E-state index in [9.17, 15) is 9.59 Å². The van der Waals surface area contributed by atoms with Crippen LogP contribution in [0.1, 0.15) is 46.7 Å². The molecule has 0 saturated heterocycles. The predicted molar refractivity (Wildman–Crippen MR) is 90.1 cm³/mol. The van der Waals surface area contributed by atoms with Crippen molar-refractivity contribution in [2.24, 2.45) is 0 Å². The van der Waals surface area contributed by atoms with E-state index in [1.807, 2.05) is 23.8 Å². The lowest BCUT2D eigenvalue weighted by atomic mass is 10.2. The first-order chi connectivity index (χ1) is 11.1. The van der Waals surface area contributed by atoms with Crippen molar-refractivity contribution in [3.05, 3.63) is 52.8 Å². The molecule has 0 radical (unpaired) electrons. The van der Waals surface area contributed by atoms with Crippen molar-refractivity contribution >= 4 is 29.1 Å². The van der Waals surface area contributed by atoms with Crippen LogP contribution in [0.3, 0.4) is 0 Å². The second-order valence-corrected chi connectivity index (χ2v) is 5.95. The third-order valence-corrected chi connectivity index (χ3v) is 4.09. The molecule has 1 fully saturated rings. The highest BCUT2D eigenvalue weighted by atomic mass is 35.5. The Morgan fingerprint density at radius 1 is 1.26 bits per heavy atom. The number of hydrogen-bond acceptors (Lipinski definition) is 2. The van der Waals surface area contributed by atoms with Gasteiger partial charge in [-0.2, -0.15) is 0 Å². The molecular weight excluding hydrogens is 314 g/mol. The number of nitrogens with one attached hydrogen (secondary N) is 2. The lowest BCUT2D eigenvalue weighted by Crippen LogP contribution is -2.23. The van der Waals surface area contributed by atoms with E-state index in [0.29, 0.717) is 34.6 Å². The number of anilines is 1. The minimum atomic E-state index is -0.255. The van der Waals surface area contributed by atoms with E-state index in [4.69, 9.17) is 11.6 Å². The Kier molecular flexibility index (Phi) is 4.39. The number of aromatic nitrogens is 1. The van der Waals surface area contributed by atoms with Crippen LogP contribution in [0.15, 0.2) is 36.5 Å². The molecule has 23 heavy (non-hydrogen) atoms. The maximum Gasteiger partial charge on any atom is 0.272 e. The highest BCUT2D eigenvalue weighted by Gasteiger charge is 2.26. The molecule has 1 heterocycles. The minimum Gasteiger partial charge on any atom is -0.352 e. The van der Waals surface area contributed by atoms with E-state index >= 15 is 0 Å². The summed E-state index contributed by atoms with van der Waals surface area (Å²) in [5.74, 6) is -0.443. The zero-order valence-electron chi connectivity index (χ0n) is 12.8. The molecule has 3 rings (SSSR count). The average molecular weight is 332 g/mol. The summed E-state index contributed by atoms with van der Waals surface area (Å²) in [6.45, 7) is 2.35. The molecule has 6 heteroatoms. The summed E-state index contributed by atoms with van der Waals surface area (Å²) < 4.78 is 2.00. The fraction of sp³-hybridized carbons (Fsp3) is 0.294. The Morgan fingerprint density at radius 2 is 2.04 bits per heavy atom. The molecule has 1 aromatic carbocycles. The van der Waals surface area contributed by atoms with Gasteiger partial charge in [-0.1, -0.05) is 11.6 Å². The average Bonchev–Trinajstić information content (AvgIpc) is 3.26. The summed E-state index contributed by atoms with van der Waals surface area (Å²) in [7, 11) is 0. The summed E-state index contributed by atoms with van der Waals surface area (Å²) in [4.78, 5) is 24.4. The summed E-state index contributed by atoms with van der Waals surface area (Å²) in [6.07, 6.45) is 4.14. The van der Waals surface area contributed by atoms with Gasteiger partial charge < -0.3 is 15.2 Å². The quantitative estimate of drug-likeness (QED) is 0.881. The van der Waals surface area contributed by atoms with E-state index in [-0.39, 0.29) is 11.8 Å². The molecule has 2 aromatic rings. The molecular formula is C17H18ClN3O2. The molecule has 1 aliphatic rings. The number of carbonyl (C=O) groups is 2. The zero-order chi connectivity index (χ0) is 16.4. The molecule has 0 atom stereocenters. The highest BCUT2D eigenvalue weighted by molar-refractivity contribution is 6.34. The molecule has 0 aliphatic heterocycles. The van der Waals surface area contributed by atoms with Gasteiger partial charge >= 0.3 is 0 Å². The second-order valence-electron chi connectivity index (χ2n) is 5.54. The number of benzene rings is 1. The minimum absolute atomic E-state index is 0.189. The molecule has 0 bridgehead atoms. The highest BCUT2D eigenvalue weighted by Crippen LogP contribution is 2.36. The molecule has 5 nitrogen and oxygen atoms in total. The number of rotatable bonds is 5. The van der Waals surface area contributed by atoms with Crippen LogP contribution in [-0.4, -0.2) is 22.9 Å². The van der Waals surface area contributed by atoms with Gasteiger partial charge in [-0.15, -0.1) is 0 Å². The maximum atomic E-state index is 12.5. The van der Waals surface area contributed by atoms with Crippen molar-refractivity contribution in [1.29, 1.82) is 0 Å². The van der Waals surface area contributed by atoms with Crippen molar-refractivity contribution in [2.75, 3.05) is 11.9 Å². The van der Waals surface area contributed by atoms with Gasteiger partial charge in [0, 0.05) is 24.5 Å². The topological polar surface area (TPSA) is 63.1 Å². The van der Waals surface area contributed by atoms with Gasteiger partial charge in [-0.05, 0) is 50.1 Å². The Hall–Kier alpha value is -2.27. The van der Waals surface area contributed by atoms with E-state index < -0.39 is 0 Å². The molecule has 1 aromatic heterocycles. The first kappa shape index (κ1) is 15.6. The van der Waals surface area contributed by atoms with Crippen LogP contribution in [0.25, 0.3) is 0 Å². The van der Waals surface area contributed by atoms with Crippen LogP contribution < -0.4 is 10.6 Å². The SMILES string of the molecule is CCNC(=O)c1cc(NC(=O)c2cccn2C2CC2)ccc1Cl. The monoisotopic (exact) mass is 331 g/mol. The number of carbonyl (C=O) groups excluding carboxylic acids is 2. The predicted octanol–water partition coefficient (Wildman–Crippen LogP) is 3.48. The lowest BCUT2D eigenvalue weighted by molar-refractivity contribution is 0.0954. The van der Waals surface area contributed by atoms with Crippen molar-refractivity contribution < 1.29 is 9.59 Å². The first-order valence-corrected chi connectivity index (χ1v) is 8.04. The summed E-state index contributed by atoms with van der Waals surface area (Å²) >= 11 is 6.06. The molecule has 1 aliphatic carbocycles. The largest absolute Gasteiger partial charge is 0.352 e. The van der Waals surface area contributed by atoms with Crippen LogP contribution in [0.5, 0.6) is 0 Å². The van der Waals surface area contributed by atoms with Crippen molar-refractivity contribution in [3.8, 4) is 0 Å². The second kappa shape index (κ2) is 6.46. The normalized spacial score (nSPS) is 13.7. The Bertz CT molecular complexity index is 750. The molecule has 0 unspecified atom stereocenters. The molecule has 0 spiro atoms. The number of nitrogens with zero attached hydrogens (tertiary/aromatic N) is 1. The summed E-state index contributed by atoms with van der Waals surface area (Å²) in [5, 5.41) is 5.89. The van der Waals surface area contributed by atoms with Crippen LogP contribution in [0, 0.1) is 0 Å². The summed E-state index contributed by atoms with van der Waals surface area (Å²) in [5.41, 5.74) is 1.52. The van der Waals surface area contributed by atoms with E-state index in [0.717, 1.165) is 12.8 Å². The first-order valence-electron chi connectivity index (χ1n) is 7.66. The van der Waals surface area contributed by atoms with Crippen molar-refractivity contribution in [1.82, 2.24) is 9.88 Å². The maximum absolute atomic E-state index is 12.5. The fourth-order valence-electron chi connectivity index (χ4n) is 2.49. The van der Waals surface area contributed by atoms with E-state index in [2.05, 4.69) is 10.6 Å². The number of hydrogen-bond donors (Lipinski definition) is 2. The smallest absolute Gasteiger partial charge is 0.272 e. The molecule has 2 N–H and O–H groups in total. The van der Waals surface area contributed by atoms with Crippen LogP contribution in [0.4, 0.5) is 5.69 Å². The Labute approximate surface area is 139 Å². The lowest BCUT2D eigenvalue weighted by Gasteiger charge is -2.11. The van der Waals surface area contributed by atoms with Crippen LogP contribution in [-0.2, 0) is 0 Å². The van der Waals surface area contributed by atoms with E-state index in [1.165, 1.54) is 0 Å². The van der Waals surface area contributed by atoms with Gasteiger partial charge in [0.1, 0.15) is 5.69 Å². The van der Waals surface area contributed by atoms with Gasteiger partial charge in [0.25, 0.3) is 11.8 Å². The molecule has 1 saturated carbocycles. The van der Waals surface area contributed by atoms with Gasteiger partial charge in [-0.3, -0.25) is 9.59 Å². The molecule has 2 amide bonds. The standard InChI is InChI=1S/C17H18ClN3O2/c1-2-19-16(22)13-10-11(5-8-14(13)18)20-17(23)15-4-3-9-21(15)12-6-7-12/h3-5,8-10,12H,2,6-7H2,1H3,(H,19,22)(H,20,23). The van der Waals surface area contributed by atoms with Gasteiger partial charge in [-0.25, -0.2) is 0 Å². The molecule has 120 valence electrons. The van der Waals surface area contributed by atoms with Crippen molar-refractivity contribution in [2.45, 2.75) is 25.8 Å². The third-order valence-electron chi connectivity index (χ3n) is 3.76. The fourth-order valence-corrected chi connectivity index (χ4v) is 2.69. The Balaban J connectivity index is 1.79. The Morgan fingerprint density at radius 3 is 2.74 bits per heavy atom.